The maximum Gasteiger partial charge on any atom is 0.137 e. The van der Waals surface area contributed by atoms with Crippen LogP contribution in [0.3, 0.4) is 0 Å². The maximum absolute atomic E-state index is 14.1. The molecule has 1 aliphatic heterocycles. The second-order valence-electron chi connectivity index (χ2n) is 5.74. The van der Waals surface area contributed by atoms with Crippen molar-refractivity contribution in [1.29, 1.82) is 0 Å². The molecule has 0 spiro atoms. The Balaban J connectivity index is 1.92. The van der Waals surface area contributed by atoms with E-state index in [1.165, 1.54) is 30.0 Å². The highest BCUT2D eigenvalue weighted by atomic mass is 32.2. The summed E-state index contributed by atoms with van der Waals surface area (Å²) in [6.07, 6.45) is 2.07. The quantitative estimate of drug-likeness (QED) is 0.864. The van der Waals surface area contributed by atoms with E-state index in [1.807, 2.05) is 19.1 Å². The monoisotopic (exact) mass is 319 g/mol. The van der Waals surface area contributed by atoms with E-state index in [-0.39, 0.29) is 11.6 Å². The van der Waals surface area contributed by atoms with E-state index in [0.29, 0.717) is 10.8 Å². The molecule has 4 heteroatoms. The van der Waals surface area contributed by atoms with Crippen molar-refractivity contribution in [3.63, 3.8) is 0 Å². The molecule has 1 heterocycles. The number of halogens is 2. The first-order valence-corrected chi connectivity index (χ1v) is 8.39. The van der Waals surface area contributed by atoms with Crippen molar-refractivity contribution in [2.75, 3.05) is 13.1 Å². The van der Waals surface area contributed by atoms with E-state index in [4.69, 9.17) is 0 Å². The van der Waals surface area contributed by atoms with Gasteiger partial charge in [0.15, 0.2) is 0 Å². The number of benzene rings is 2. The molecule has 22 heavy (non-hydrogen) atoms. The minimum Gasteiger partial charge on any atom is -0.317 e. The van der Waals surface area contributed by atoms with Crippen LogP contribution < -0.4 is 5.32 Å². The lowest BCUT2D eigenvalue weighted by Gasteiger charge is -2.25. The highest BCUT2D eigenvalue weighted by Gasteiger charge is 2.19. The second-order valence-corrected chi connectivity index (χ2v) is 6.83. The molecule has 1 N–H and O–H groups in total. The highest BCUT2D eigenvalue weighted by Crippen LogP contribution is 2.38. The topological polar surface area (TPSA) is 12.0 Å². The summed E-state index contributed by atoms with van der Waals surface area (Å²) < 4.78 is 27.7. The molecule has 0 aromatic heterocycles. The van der Waals surface area contributed by atoms with Gasteiger partial charge in [-0.25, -0.2) is 8.78 Å². The molecule has 0 bridgehead atoms. The molecule has 2 aromatic carbocycles. The van der Waals surface area contributed by atoms with Crippen LogP contribution in [0.15, 0.2) is 46.2 Å². The van der Waals surface area contributed by atoms with E-state index >= 15 is 0 Å². The largest absolute Gasteiger partial charge is 0.317 e. The van der Waals surface area contributed by atoms with Crippen LogP contribution in [-0.4, -0.2) is 13.1 Å². The Hall–Kier alpha value is -1.39. The van der Waals surface area contributed by atoms with Crippen molar-refractivity contribution in [2.45, 2.75) is 35.5 Å². The Labute approximate surface area is 134 Å². The lowest BCUT2D eigenvalue weighted by molar-refractivity contribution is 0.455. The smallest absolute Gasteiger partial charge is 0.137 e. The standard InChI is InChI=1S/C18H19F2NS/c1-12-2-5-17(16(20)10-12)22-18-11-14(19)3-4-15(18)13-6-8-21-9-7-13/h2-5,10-11,13,21H,6-9H2,1H3. The summed E-state index contributed by atoms with van der Waals surface area (Å²) in [5.74, 6) is -0.101. The summed E-state index contributed by atoms with van der Waals surface area (Å²) in [6, 6.07) is 10.1. The van der Waals surface area contributed by atoms with Gasteiger partial charge < -0.3 is 5.32 Å². The van der Waals surface area contributed by atoms with E-state index in [0.717, 1.165) is 42.0 Å². The fourth-order valence-corrected chi connectivity index (χ4v) is 3.93. The zero-order valence-electron chi connectivity index (χ0n) is 12.5. The Morgan fingerprint density at radius 1 is 1.00 bits per heavy atom. The molecule has 0 aliphatic carbocycles. The van der Waals surface area contributed by atoms with Crippen LogP contribution in [0, 0.1) is 18.6 Å². The number of nitrogens with one attached hydrogen (secondary N) is 1. The van der Waals surface area contributed by atoms with E-state index in [9.17, 15) is 8.78 Å². The van der Waals surface area contributed by atoms with Gasteiger partial charge in [0.1, 0.15) is 11.6 Å². The van der Waals surface area contributed by atoms with Crippen molar-refractivity contribution < 1.29 is 8.78 Å². The molecule has 1 aliphatic rings. The average Bonchev–Trinajstić information content (AvgIpc) is 2.51. The van der Waals surface area contributed by atoms with Gasteiger partial charge in [0.2, 0.25) is 0 Å². The molecule has 0 amide bonds. The summed E-state index contributed by atoms with van der Waals surface area (Å²) >= 11 is 1.32. The van der Waals surface area contributed by atoms with Gasteiger partial charge in [-0.15, -0.1) is 0 Å². The van der Waals surface area contributed by atoms with Gasteiger partial charge in [0.25, 0.3) is 0 Å². The molecule has 1 saturated heterocycles. The Kier molecular flexibility index (Phi) is 4.79. The lowest BCUT2D eigenvalue weighted by Crippen LogP contribution is -2.26. The van der Waals surface area contributed by atoms with Gasteiger partial charge in [0, 0.05) is 9.79 Å². The fourth-order valence-electron chi connectivity index (χ4n) is 2.87. The van der Waals surface area contributed by atoms with Gasteiger partial charge >= 0.3 is 0 Å². The van der Waals surface area contributed by atoms with E-state index < -0.39 is 0 Å². The number of hydrogen-bond acceptors (Lipinski definition) is 2. The molecular weight excluding hydrogens is 300 g/mol. The van der Waals surface area contributed by atoms with Gasteiger partial charge in [0.05, 0.1) is 0 Å². The highest BCUT2D eigenvalue weighted by molar-refractivity contribution is 7.99. The predicted octanol–water partition coefficient (Wildman–Crippen LogP) is 4.89. The lowest BCUT2D eigenvalue weighted by atomic mass is 9.90. The number of aryl methyl sites for hydroxylation is 1. The SMILES string of the molecule is Cc1ccc(Sc2cc(F)ccc2C2CCNCC2)c(F)c1. The molecule has 0 unspecified atom stereocenters. The molecule has 116 valence electrons. The summed E-state index contributed by atoms with van der Waals surface area (Å²) in [4.78, 5) is 1.38. The molecule has 0 radical (unpaired) electrons. The second kappa shape index (κ2) is 6.80. The minimum absolute atomic E-state index is 0.245. The molecule has 1 nitrogen and oxygen atoms in total. The van der Waals surface area contributed by atoms with Gasteiger partial charge in [-0.1, -0.05) is 23.9 Å². The third kappa shape index (κ3) is 3.50. The molecule has 1 fully saturated rings. The summed E-state index contributed by atoms with van der Waals surface area (Å²) in [5, 5.41) is 3.34. The van der Waals surface area contributed by atoms with Crippen LogP contribution in [0.2, 0.25) is 0 Å². The minimum atomic E-state index is -0.271. The Morgan fingerprint density at radius 2 is 1.77 bits per heavy atom. The number of rotatable bonds is 3. The van der Waals surface area contributed by atoms with Crippen LogP contribution in [0.25, 0.3) is 0 Å². The summed E-state index contributed by atoms with van der Waals surface area (Å²) in [5.41, 5.74) is 2.02. The fraction of sp³-hybridized carbons (Fsp3) is 0.333. The van der Waals surface area contributed by atoms with E-state index in [1.54, 1.807) is 6.07 Å². The third-order valence-corrected chi connectivity index (χ3v) is 5.19. The zero-order valence-corrected chi connectivity index (χ0v) is 13.4. The van der Waals surface area contributed by atoms with Crippen LogP contribution in [0.4, 0.5) is 8.78 Å². The molecule has 2 aromatic rings. The summed E-state index contributed by atoms with van der Waals surface area (Å²) in [7, 11) is 0. The van der Waals surface area contributed by atoms with Crippen molar-refractivity contribution >= 4 is 11.8 Å². The first-order chi connectivity index (χ1) is 10.6. The normalized spacial score (nSPS) is 16.0. The first-order valence-electron chi connectivity index (χ1n) is 7.57. The van der Waals surface area contributed by atoms with Gasteiger partial charge in [-0.3, -0.25) is 0 Å². The van der Waals surface area contributed by atoms with Gasteiger partial charge in [-0.2, -0.15) is 0 Å². The zero-order chi connectivity index (χ0) is 15.5. The first kappa shape index (κ1) is 15.5. The van der Waals surface area contributed by atoms with Gasteiger partial charge in [-0.05, 0) is 74.2 Å². The van der Waals surface area contributed by atoms with E-state index in [2.05, 4.69) is 5.32 Å². The van der Waals surface area contributed by atoms with Crippen molar-refractivity contribution in [3.05, 3.63) is 59.2 Å². The Morgan fingerprint density at radius 3 is 2.50 bits per heavy atom. The molecule has 3 rings (SSSR count). The maximum atomic E-state index is 14.1. The van der Waals surface area contributed by atoms with Crippen molar-refractivity contribution in [3.8, 4) is 0 Å². The van der Waals surface area contributed by atoms with Crippen LogP contribution >= 0.6 is 11.8 Å². The molecular formula is C18H19F2NS. The summed E-state index contributed by atoms with van der Waals surface area (Å²) in [6.45, 7) is 3.82. The van der Waals surface area contributed by atoms with Crippen molar-refractivity contribution in [2.24, 2.45) is 0 Å². The number of piperidine rings is 1. The van der Waals surface area contributed by atoms with Crippen LogP contribution in [0.5, 0.6) is 0 Å². The number of hydrogen-bond donors (Lipinski definition) is 1. The van der Waals surface area contributed by atoms with Crippen molar-refractivity contribution in [1.82, 2.24) is 5.32 Å². The molecule has 0 saturated carbocycles. The third-order valence-electron chi connectivity index (χ3n) is 4.06. The van der Waals surface area contributed by atoms with Crippen LogP contribution in [0.1, 0.15) is 29.9 Å². The Bertz CT molecular complexity index is 666. The van der Waals surface area contributed by atoms with Crippen LogP contribution in [-0.2, 0) is 0 Å². The molecule has 0 atom stereocenters. The predicted molar refractivity (Wildman–Crippen MR) is 86.5 cm³/mol. The average molecular weight is 319 g/mol.